The normalized spacial score (nSPS) is 12.3. The van der Waals surface area contributed by atoms with Crippen LogP contribution in [0.25, 0.3) is 0 Å². The van der Waals surface area contributed by atoms with E-state index in [-0.39, 0.29) is 19.0 Å². The second kappa shape index (κ2) is 9.69. The first-order chi connectivity index (χ1) is 14.0. The lowest BCUT2D eigenvalue weighted by atomic mass is 10.1. The fraction of sp³-hybridized carbons (Fsp3) is 0.208. The van der Waals surface area contributed by atoms with Crippen LogP contribution >= 0.6 is 7.37 Å². The summed E-state index contributed by atoms with van der Waals surface area (Å²) in [6.07, 6.45) is -0.707. The third-order valence-electron chi connectivity index (χ3n) is 4.57. The number of esters is 1. The minimum atomic E-state index is -3.44. The van der Waals surface area contributed by atoms with Gasteiger partial charge in [0.25, 0.3) is 7.37 Å². The Morgan fingerprint density at radius 2 is 1.38 bits per heavy atom. The largest absolute Gasteiger partial charge is 0.466 e. The first-order valence-corrected chi connectivity index (χ1v) is 11.3. The molecule has 1 atom stereocenters. The van der Waals surface area contributed by atoms with Gasteiger partial charge in [-0.15, -0.1) is 0 Å². The van der Waals surface area contributed by atoms with Crippen molar-refractivity contribution < 1.29 is 18.6 Å². The van der Waals surface area contributed by atoms with Crippen LogP contribution in [0.5, 0.6) is 0 Å². The molecule has 0 saturated heterocycles. The van der Waals surface area contributed by atoms with Crippen LogP contribution in [-0.2, 0) is 18.6 Å². The fourth-order valence-electron chi connectivity index (χ4n) is 3.07. The summed E-state index contributed by atoms with van der Waals surface area (Å²) in [5.41, 5.74) is 1.88. The van der Waals surface area contributed by atoms with Gasteiger partial charge >= 0.3 is 5.97 Å². The van der Waals surface area contributed by atoms with E-state index >= 15 is 0 Å². The first kappa shape index (κ1) is 21.0. The molecule has 0 amide bonds. The molecular weight excluding hydrogens is 383 g/mol. The quantitative estimate of drug-likeness (QED) is 0.392. The Kier molecular flexibility index (Phi) is 7.03. The number of hydrogen-bond acceptors (Lipinski definition) is 4. The van der Waals surface area contributed by atoms with Gasteiger partial charge in [-0.3, -0.25) is 9.36 Å². The Morgan fingerprint density at radius 3 is 1.86 bits per heavy atom. The number of aryl methyl sites for hydroxylation is 1. The second-order valence-electron chi connectivity index (χ2n) is 6.74. The second-order valence-corrected chi connectivity index (χ2v) is 9.08. The van der Waals surface area contributed by atoms with E-state index in [1.54, 1.807) is 31.2 Å². The third-order valence-corrected chi connectivity index (χ3v) is 7.08. The lowest BCUT2D eigenvalue weighted by Gasteiger charge is -2.26. The van der Waals surface area contributed by atoms with Crippen molar-refractivity contribution in [2.45, 2.75) is 26.4 Å². The summed E-state index contributed by atoms with van der Waals surface area (Å²) in [6.45, 7) is 4.04. The standard InChI is InChI=1S/C24H25O4P/c1-3-27-24(25)18-23(20-16-14-19(2)15-17-20)28-29(26,21-10-6-4-7-11-21)22-12-8-5-9-13-22/h4-17,23H,3,18H2,1-2H3/t23-/m1/s1. The molecule has 3 rings (SSSR count). The van der Waals surface area contributed by atoms with Crippen LogP contribution < -0.4 is 10.6 Å². The van der Waals surface area contributed by atoms with Gasteiger partial charge in [0.1, 0.15) is 6.10 Å². The van der Waals surface area contributed by atoms with Gasteiger partial charge in [-0.25, -0.2) is 0 Å². The van der Waals surface area contributed by atoms with Gasteiger partial charge < -0.3 is 9.26 Å². The van der Waals surface area contributed by atoms with Crippen molar-refractivity contribution in [1.29, 1.82) is 0 Å². The smallest absolute Gasteiger partial charge is 0.308 e. The Labute approximate surface area is 172 Å². The molecule has 4 nitrogen and oxygen atoms in total. The van der Waals surface area contributed by atoms with E-state index in [9.17, 15) is 9.36 Å². The van der Waals surface area contributed by atoms with E-state index in [1.165, 1.54) is 0 Å². The van der Waals surface area contributed by atoms with Crippen LogP contribution in [0, 0.1) is 6.92 Å². The van der Waals surface area contributed by atoms with E-state index in [0.29, 0.717) is 10.6 Å². The minimum Gasteiger partial charge on any atom is -0.466 e. The summed E-state index contributed by atoms with van der Waals surface area (Å²) < 4.78 is 25.7. The van der Waals surface area contributed by atoms with Gasteiger partial charge in [0.15, 0.2) is 0 Å². The monoisotopic (exact) mass is 408 g/mol. The van der Waals surface area contributed by atoms with E-state index < -0.39 is 13.5 Å². The van der Waals surface area contributed by atoms with E-state index in [2.05, 4.69) is 0 Å². The van der Waals surface area contributed by atoms with Crippen LogP contribution in [0.15, 0.2) is 84.9 Å². The number of ether oxygens (including phenoxy) is 1. The number of hydrogen-bond donors (Lipinski definition) is 0. The number of carbonyl (C=O) groups excluding carboxylic acids is 1. The molecule has 0 fully saturated rings. The highest BCUT2D eigenvalue weighted by Gasteiger charge is 2.33. The maximum atomic E-state index is 14.2. The van der Waals surface area contributed by atoms with Gasteiger partial charge in [0.2, 0.25) is 0 Å². The maximum absolute atomic E-state index is 14.2. The SMILES string of the molecule is CCOC(=O)C[C@@H](OP(=O)(c1ccccc1)c1ccccc1)c1ccc(C)cc1. The van der Waals surface area contributed by atoms with Gasteiger partial charge in [-0.2, -0.15) is 0 Å². The van der Waals surface area contributed by atoms with Crippen molar-refractivity contribution in [3.63, 3.8) is 0 Å². The maximum Gasteiger partial charge on any atom is 0.308 e. The first-order valence-electron chi connectivity index (χ1n) is 9.65. The summed E-state index contributed by atoms with van der Waals surface area (Å²) in [5, 5.41) is 1.18. The average molecular weight is 408 g/mol. The lowest BCUT2D eigenvalue weighted by Crippen LogP contribution is -2.21. The summed E-state index contributed by atoms with van der Waals surface area (Å²) in [5.74, 6) is -0.384. The zero-order chi connectivity index (χ0) is 20.7. The fourth-order valence-corrected chi connectivity index (χ4v) is 5.29. The van der Waals surface area contributed by atoms with Gasteiger partial charge in [-0.05, 0) is 43.7 Å². The van der Waals surface area contributed by atoms with Crippen molar-refractivity contribution in [2.24, 2.45) is 0 Å². The Morgan fingerprint density at radius 1 is 0.862 bits per heavy atom. The Bertz CT molecular complexity index is 925. The molecule has 0 N–H and O–H groups in total. The highest BCUT2D eigenvalue weighted by atomic mass is 31.2. The van der Waals surface area contributed by atoms with Crippen LogP contribution in [-0.4, -0.2) is 12.6 Å². The van der Waals surface area contributed by atoms with Crippen molar-refractivity contribution in [3.8, 4) is 0 Å². The van der Waals surface area contributed by atoms with Crippen molar-refractivity contribution in [3.05, 3.63) is 96.1 Å². The van der Waals surface area contributed by atoms with Crippen molar-refractivity contribution >= 4 is 23.9 Å². The number of benzene rings is 3. The zero-order valence-electron chi connectivity index (χ0n) is 16.7. The molecule has 0 saturated carbocycles. The molecule has 5 heteroatoms. The predicted molar refractivity (Wildman–Crippen MR) is 116 cm³/mol. The number of carbonyl (C=O) groups is 1. The molecule has 150 valence electrons. The summed E-state index contributed by atoms with van der Waals surface area (Å²) in [4.78, 5) is 12.3. The predicted octanol–water partition coefficient (Wildman–Crippen LogP) is 4.94. The molecule has 3 aromatic carbocycles. The van der Waals surface area contributed by atoms with Crippen molar-refractivity contribution in [2.75, 3.05) is 6.61 Å². The molecule has 0 heterocycles. The molecular formula is C24H25O4P. The van der Waals surface area contributed by atoms with E-state index in [4.69, 9.17) is 9.26 Å². The Hall–Kier alpha value is -2.68. The number of rotatable bonds is 8. The van der Waals surface area contributed by atoms with Gasteiger partial charge in [0.05, 0.1) is 13.0 Å². The molecule has 0 radical (unpaired) electrons. The molecule has 0 unspecified atom stereocenters. The van der Waals surface area contributed by atoms with Crippen LogP contribution in [0.1, 0.15) is 30.6 Å². The van der Waals surface area contributed by atoms with Crippen LogP contribution in [0.3, 0.4) is 0 Å². The molecule has 0 aliphatic heterocycles. The van der Waals surface area contributed by atoms with Crippen LogP contribution in [0.4, 0.5) is 0 Å². The molecule has 0 aliphatic carbocycles. The average Bonchev–Trinajstić information content (AvgIpc) is 2.75. The van der Waals surface area contributed by atoms with Crippen molar-refractivity contribution in [1.82, 2.24) is 0 Å². The zero-order valence-corrected chi connectivity index (χ0v) is 17.5. The molecule has 3 aromatic rings. The third kappa shape index (κ3) is 5.23. The minimum absolute atomic E-state index is 0.0133. The van der Waals surface area contributed by atoms with E-state index in [0.717, 1.165) is 11.1 Å². The molecule has 29 heavy (non-hydrogen) atoms. The molecule has 0 aromatic heterocycles. The highest BCUT2D eigenvalue weighted by molar-refractivity contribution is 7.74. The summed E-state index contributed by atoms with van der Waals surface area (Å²) >= 11 is 0. The molecule has 0 aliphatic rings. The Balaban J connectivity index is 2.04. The highest BCUT2D eigenvalue weighted by Crippen LogP contribution is 2.49. The van der Waals surface area contributed by atoms with E-state index in [1.807, 2.05) is 67.6 Å². The molecule has 0 spiro atoms. The summed E-state index contributed by atoms with van der Waals surface area (Å²) in [6, 6.07) is 26.0. The topological polar surface area (TPSA) is 52.6 Å². The van der Waals surface area contributed by atoms with Gasteiger partial charge in [0, 0.05) is 10.6 Å². The lowest BCUT2D eigenvalue weighted by molar-refractivity contribution is -0.145. The van der Waals surface area contributed by atoms with Gasteiger partial charge in [-0.1, -0.05) is 66.2 Å². The molecule has 0 bridgehead atoms. The van der Waals surface area contributed by atoms with Crippen LogP contribution in [0.2, 0.25) is 0 Å². The summed E-state index contributed by atoms with van der Waals surface area (Å²) in [7, 11) is -3.44.